The molecule has 1 aromatic carbocycles. The Labute approximate surface area is 136 Å². The third-order valence-corrected chi connectivity index (χ3v) is 4.36. The first kappa shape index (κ1) is 17.0. The van der Waals surface area contributed by atoms with Gasteiger partial charge in [-0.15, -0.1) is 0 Å². The van der Waals surface area contributed by atoms with E-state index in [4.69, 9.17) is 0 Å². The monoisotopic (exact) mass is 333 g/mol. The fourth-order valence-electron chi connectivity index (χ4n) is 1.97. The lowest BCUT2D eigenvalue weighted by atomic mass is 10.2. The molecule has 0 bridgehead atoms. The van der Waals surface area contributed by atoms with Crippen LogP contribution in [0.15, 0.2) is 47.5 Å². The van der Waals surface area contributed by atoms with Gasteiger partial charge in [-0.25, -0.2) is 13.4 Å². The van der Waals surface area contributed by atoms with Gasteiger partial charge in [0.15, 0.2) is 9.84 Å². The normalized spacial score (nSPS) is 11.1. The molecule has 2 aromatic rings. The summed E-state index contributed by atoms with van der Waals surface area (Å²) in [6.45, 7) is 0.339. The van der Waals surface area contributed by atoms with Crippen LogP contribution >= 0.6 is 0 Å². The lowest BCUT2D eigenvalue weighted by Crippen LogP contribution is -2.23. The Balaban J connectivity index is 2.10. The van der Waals surface area contributed by atoms with Crippen molar-refractivity contribution in [3.63, 3.8) is 0 Å². The van der Waals surface area contributed by atoms with Gasteiger partial charge in [0.1, 0.15) is 5.82 Å². The lowest BCUT2D eigenvalue weighted by Gasteiger charge is -2.12. The molecule has 0 aliphatic heterocycles. The first-order valence-electron chi connectivity index (χ1n) is 6.98. The van der Waals surface area contributed by atoms with Gasteiger partial charge < -0.3 is 10.2 Å². The molecule has 0 radical (unpaired) electrons. The molecule has 0 atom stereocenters. The van der Waals surface area contributed by atoms with Gasteiger partial charge in [0.2, 0.25) is 0 Å². The number of sulfone groups is 1. The van der Waals surface area contributed by atoms with Gasteiger partial charge in [0.05, 0.1) is 4.90 Å². The maximum atomic E-state index is 12.2. The number of carbonyl (C=O) groups is 1. The van der Waals surface area contributed by atoms with Crippen LogP contribution in [-0.4, -0.2) is 39.7 Å². The smallest absolute Gasteiger partial charge is 0.251 e. The summed E-state index contributed by atoms with van der Waals surface area (Å²) in [6.07, 6.45) is 2.80. The molecule has 0 spiro atoms. The Hall–Kier alpha value is -2.41. The topological polar surface area (TPSA) is 79.4 Å². The Bertz CT molecular complexity index is 817. The predicted molar refractivity (Wildman–Crippen MR) is 89.3 cm³/mol. The quantitative estimate of drug-likeness (QED) is 0.896. The van der Waals surface area contributed by atoms with Gasteiger partial charge in [-0.3, -0.25) is 4.79 Å². The van der Waals surface area contributed by atoms with Crippen molar-refractivity contribution in [1.82, 2.24) is 10.3 Å². The van der Waals surface area contributed by atoms with Crippen LogP contribution < -0.4 is 10.2 Å². The zero-order valence-corrected chi connectivity index (χ0v) is 14.1. The zero-order chi connectivity index (χ0) is 17.0. The van der Waals surface area contributed by atoms with Crippen LogP contribution in [-0.2, 0) is 16.4 Å². The van der Waals surface area contributed by atoms with Crippen LogP contribution in [0.4, 0.5) is 5.82 Å². The molecule has 1 amide bonds. The van der Waals surface area contributed by atoms with Gasteiger partial charge in [-0.1, -0.05) is 6.07 Å². The minimum Gasteiger partial charge on any atom is -0.363 e. The molecule has 0 fully saturated rings. The van der Waals surface area contributed by atoms with E-state index in [9.17, 15) is 13.2 Å². The second kappa shape index (κ2) is 6.78. The number of aromatic nitrogens is 1. The molecule has 23 heavy (non-hydrogen) atoms. The summed E-state index contributed by atoms with van der Waals surface area (Å²) in [4.78, 5) is 18.4. The van der Waals surface area contributed by atoms with E-state index in [1.165, 1.54) is 12.1 Å². The van der Waals surface area contributed by atoms with E-state index in [0.29, 0.717) is 12.1 Å². The highest BCUT2D eigenvalue weighted by Crippen LogP contribution is 2.12. The predicted octanol–water partition coefficient (Wildman–Crippen LogP) is 1.48. The maximum Gasteiger partial charge on any atom is 0.251 e. The number of nitrogens with zero attached hydrogens (tertiary/aromatic N) is 2. The van der Waals surface area contributed by atoms with Gasteiger partial charge in [0, 0.05) is 38.7 Å². The van der Waals surface area contributed by atoms with Crippen LogP contribution in [0.2, 0.25) is 0 Å². The highest BCUT2D eigenvalue weighted by Gasteiger charge is 2.11. The van der Waals surface area contributed by atoms with E-state index in [1.54, 1.807) is 18.3 Å². The standard InChI is InChI=1S/C16H19N3O3S/c1-19(2)15-9-12(7-8-17-15)11-18-16(20)13-5-4-6-14(10-13)23(3,21)22/h4-10H,11H2,1-3H3,(H,18,20). The summed E-state index contributed by atoms with van der Waals surface area (Å²) < 4.78 is 23.1. The molecule has 0 aliphatic rings. The average molecular weight is 333 g/mol. The molecule has 122 valence electrons. The summed E-state index contributed by atoms with van der Waals surface area (Å²) in [5.74, 6) is 0.481. The van der Waals surface area contributed by atoms with Crippen molar-refractivity contribution in [1.29, 1.82) is 0 Å². The number of amides is 1. The highest BCUT2D eigenvalue weighted by atomic mass is 32.2. The molecule has 1 N–H and O–H groups in total. The SMILES string of the molecule is CN(C)c1cc(CNC(=O)c2cccc(S(C)(=O)=O)c2)ccn1. The van der Waals surface area contributed by atoms with Crippen molar-refractivity contribution in [2.75, 3.05) is 25.3 Å². The number of nitrogens with one attached hydrogen (secondary N) is 1. The second-order valence-corrected chi connectivity index (χ2v) is 7.42. The molecule has 2 rings (SSSR count). The summed E-state index contributed by atoms with van der Waals surface area (Å²) in [7, 11) is 0.446. The van der Waals surface area contributed by atoms with Crippen molar-refractivity contribution >= 4 is 21.6 Å². The van der Waals surface area contributed by atoms with Gasteiger partial charge in [-0.05, 0) is 35.9 Å². The van der Waals surface area contributed by atoms with Gasteiger partial charge >= 0.3 is 0 Å². The van der Waals surface area contributed by atoms with Crippen molar-refractivity contribution in [2.24, 2.45) is 0 Å². The van der Waals surface area contributed by atoms with E-state index in [0.717, 1.165) is 17.6 Å². The molecule has 0 unspecified atom stereocenters. The van der Waals surface area contributed by atoms with Crippen molar-refractivity contribution in [3.05, 3.63) is 53.7 Å². The van der Waals surface area contributed by atoms with Crippen LogP contribution in [0.1, 0.15) is 15.9 Å². The Morgan fingerprint density at radius 2 is 1.96 bits per heavy atom. The fourth-order valence-corrected chi connectivity index (χ4v) is 2.63. The van der Waals surface area contributed by atoms with E-state index >= 15 is 0 Å². The van der Waals surface area contributed by atoms with Crippen LogP contribution in [0, 0.1) is 0 Å². The molecule has 0 aliphatic carbocycles. The minimum absolute atomic E-state index is 0.129. The Morgan fingerprint density at radius 1 is 1.22 bits per heavy atom. The van der Waals surface area contributed by atoms with Gasteiger partial charge in [0.25, 0.3) is 5.91 Å². The third-order valence-electron chi connectivity index (χ3n) is 3.25. The summed E-state index contributed by atoms with van der Waals surface area (Å²) >= 11 is 0. The van der Waals surface area contributed by atoms with Gasteiger partial charge in [-0.2, -0.15) is 0 Å². The minimum atomic E-state index is -3.33. The number of hydrogen-bond acceptors (Lipinski definition) is 5. The average Bonchev–Trinajstić information content (AvgIpc) is 2.52. The molecule has 1 aromatic heterocycles. The molecule has 0 saturated carbocycles. The van der Waals surface area contributed by atoms with E-state index in [2.05, 4.69) is 10.3 Å². The van der Waals surface area contributed by atoms with E-state index in [-0.39, 0.29) is 10.8 Å². The zero-order valence-electron chi connectivity index (χ0n) is 13.3. The number of carbonyl (C=O) groups excluding carboxylic acids is 1. The third kappa shape index (κ3) is 4.53. The molecule has 1 heterocycles. The molecular formula is C16H19N3O3S. The van der Waals surface area contributed by atoms with Crippen molar-refractivity contribution in [3.8, 4) is 0 Å². The summed E-state index contributed by atoms with van der Waals surface area (Å²) in [5, 5.41) is 2.78. The number of rotatable bonds is 5. The Morgan fingerprint density at radius 3 is 2.61 bits per heavy atom. The van der Waals surface area contributed by atoms with E-state index in [1.807, 2.05) is 31.1 Å². The highest BCUT2D eigenvalue weighted by molar-refractivity contribution is 7.90. The number of benzene rings is 1. The number of anilines is 1. The van der Waals surface area contributed by atoms with Crippen molar-refractivity contribution in [2.45, 2.75) is 11.4 Å². The van der Waals surface area contributed by atoms with Crippen LogP contribution in [0.3, 0.4) is 0 Å². The first-order chi connectivity index (χ1) is 10.8. The lowest BCUT2D eigenvalue weighted by molar-refractivity contribution is 0.0950. The molecule has 6 nitrogen and oxygen atoms in total. The Kier molecular flexibility index (Phi) is 5.00. The van der Waals surface area contributed by atoms with Crippen LogP contribution in [0.5, 0.6) is 0 Å². The first-order valence-corrected chi connectivity index (χ1v) is 8.87. The molecule has 7 heteroatoms. The second-order valence-electron chi connectivity index (χ2n) is 5.40. The molecular weight excluding hydrogens is 314 g/mol. The summed E-state index contributed by atoms with van der Waals surface area (Å²) in [6, 6.07) is 9.69. The van der Waals surface area contributed by atoms with Crippen molar-refractivity contribution < 1.29 is 13.2 Å². The maximum absolute atomic E-state index is 12.2. The van der Waals surface area contributed by atoms with Crippen LogP contribution in [0.25, 0.3) is 0 Å². The number of hydrogen-bond donors (Lipinski definition) is 1. The largest absolute Gasteiger partial charge is 0.363 e. The van der Waals surface area contributed by atoms with E-state index < -0.39 is 9.84 Å². The summed E-state index contributed by atoms with van der Waals surface area (Å²) in [5.41, 5.74) is 1.23. The molecule has 0 saturated heterocycles. The fraction of sp³-hybridized carbons (Fsp3) is 0.250. The number of pyridine rings is 1.